The van der Waals surface area contributed by atoms with Crippen LogP contribution in [0.4, 0.5) is 0 Å². The Hall–Kier alpha value is -0.620. The van der Waals surface area contributed by atoms with Gasteiger partial charge in [-0.05, 0) is 33.6 Å². The Morgan fingerprint density at radius 1 is 1.28 bits per heavy atom. The molecule has 1 saturated carbocycles. The Labute approximate surface area is 110 Å². The summed E-state index contributed by atoms with van der Waals surface area (Å²) in [4.78, 5) is 11.9. The van der Waals surface area contributed by atoms with Gasteiger partial charge in [0.05, 0.1) is 12.8 Å². The molecule has 0 aromatic heterocycles. The third-order valence-corrected chi connectivity index (χ3v) is 4.63. The average molecular weight is 276 g/mol. The highest BCUT2D eigenvalue weighted by atomic mass is 32.2. The lowest BCUT2D eigenvalue weighted by molar-refractivity contribution is -0.122. The molecule has 0 unspecified atom stereocenters. The van der Waals surface area contributed by atoms with E-state index in [0.717, 1.165) is 31.9 Å². The molecule has 1 amide bonds. The number of nitrogens with one attached hydrogen (secondary N) is 1. The minimum Gasteiger partial charge on any atom is -0.352 e. The van der Waals surface area contributed by atoms with Crippen molar-refractivity contribution in [3.05, 3.63) is 0 Å². The first-order valence-electron chi connectivity index (χ1n) is 6.38. The third-order valence-electron chi connectivity index (χ3n) is 3.16. The van der Waals surface area contributed by atoms with Crippen molar-refractivity contribution < 1.29 is 13.2 Å². The molecule has 0 heterocycles. The first-order valence-corrected chi connectivity index (χ1v) is 8.23. The molecule has 18 heavy (non-hydrogen) atoms. The standard InChI is InChI=1S/C12H24N2O3S/c1-12(2,3)14(18(4,16)17)9-11(15)13-10-7-5-6-8-10/h10H,5-9H2,1-4H3,(H,13,15). The zero-order valence-corrected chi connectivity index (χ0v) is 12.5. The van der Waals surface area contributed by atoms with E-state index >= 15 is 0 Å². The van der Waals surface area contributed by atoms with Gasteiger partial charge in [0.25, 0.3) is 0 Å². The number of sulfonamides is 1. The monoisotopic (exact) mass is 276 g/mol. The van der Waals surface area contributed by atoms with Crippen molar-refractivity contribution in [1.29, 1.82) is 0 Å². The fraction of sp³-hybridized carbons (Fsp3) is 0.917. The Morgan fingerprint density at radius 2 is 1.78 bits per heavy atom. The van der Waals surface area contributed by atoms with Gasteiger partial charge in [0, 0.05) is 11.6 Å². The summed E-state index contributed by atoms with van der Waals surface area (Å²) in [6, 6.07) is 0.221. The SMILES string of the molecule is CC(C)(C)N(CC(=O)NC1CCCC1)S(C)(=O)=O. The normalized spacial score (nSPS) is 18.3. The zero-order chi connectivity index (χ0) is 14.0. The molecule has 0 aliphatic heterocycles. The molecule has 1 N–H and O–H groups in total. The molecule has 1 fully saturated rings. The number of carbonyl (C=O) groups is 1. The molecule has 0 aromatic rings. The van der Waals surface area contributed by atoms with Crippen molar-refractivity contribution in [2.45, 2.75) is 58.0 Å². The molecule has 0 atom stereocenters. The second-order valence-corrected chi connectivity index (χ2v) is 7.90. The Bertz CT molecular complexity index is 392. The van der Waals surface area contributed by atoms with Crippen LogP contribution in [0.3, 0.4) is 0 Å². The summed E-state index contributed by atoms with van der Waals surface area (Å²) in [5.74, 6) is -0.206. The number of hydrogen-bond donors (Lipinski definition) is 1. The van der Waals surface area contributed by atoms with E-state index in [1.807, 2.05) is 0 Å². The molecule has 0 radical (unpaired) electrons. The number of nitrogens with zero attached hydrogens (tertiary/aromatic N) is 1. The van der Waals surface area contributed by atoms with Gasteiger partial charge in [-0.25, -0.2) is 8.42 Å². The van der Waals surface area contributed by atoms with Crippen LogP contribution < -0.4 is 5.32 Å². The summed E-state index contributed by atoms with van der Waals surface area (Å²) < 4.78 is 24.6. The van der Waals surface area contributed by atoms with E-state index < -0.39 is 15.6 Å². The molecule has 1 aliphatic rings. The predicted molar refractivity (Wildman–Crippen MR) is 71.7 cm³/mol. The van der Waals surface area contributed by atoms with Crippen molar-refractivity contribution in [3.8, 4) is 0 Å². The van der Waals surface area contributed by atoms with Gasteiger partial charge in [-0.3, -0.25) is 4.79 Å². The number of amides is 1. The first kappa shape index (κ1) is 15.4. The smallest absolute Gasteiger partial charge is 0.235 e. The van der Waals surface area contributed by atoms with Crippen molar-refractivity contribution in [3.63, 3.8) is 0 Å². The van der Waals surface area contributed by atoms with Crippen molar-refractivity contribution >= 4 is 15.9 Å². The maximum absolute atomic E-state index is 11.9. The van der Waals surface area contributed by atoms with Gasteiger partial charge in [-0.2, -0.15) is 4.31 Å². The fourth-order valence-corrected chi connectivity index (χ4v) is 3.67. The van der Waals surface area contributed by atoms with E-state index in [2.05, 4.69) is 5.32 Å². The lowest BCUT2D eigenvalue weighted by atomic mass is 10.1. The van der Waals surface area contributed by atoms with Crippen LogP contribution in [0.25, 0.3) is 0 Å². The van der Waals surface area contributed by atoms with Gasteiger partial charge in [-0.1, -0.05) is 12.8 Å². The number of carbonyl (C=O) groups excluding carboxylic acids is 1. The average Bonchev–Trinajstić information content (AvgIpc) is 2.63. The molecule has 0 saturated heterocycles. The zero-order valence-electron chi connectivity index (χ0n) is 11.7. The van der Waals surface area contributed by atoms with E-state index in [9.17, 15) is 13.2 Å². The van der Waals surface area contributed by atoms with Gasteiger partial charge in [0.1, 0.15) is 0 Å². The third kappa shape index (κ3) is 4.57. The van der Waals surface area contributed by atoms with Crippen molar-refractivity contribution in [2.24, 2.45) is 0 Å². The summed E-state index contributed by atoms with van der Waals surface area (Å²) in [5, 5.41) is 2.91. The molecule has 1 aliphatic carbocycles. The van der Waals surface area contributed by atoms with Gasteiger partial charge < -0.3 is 5.32 Å². The summed E-state index contributed by atoms with van der Waals surface area (Å²) in [6.45, 7) is 5.27. The van der Waals surface area contributed by atoms with Gasteiger partial charge in [0.15, 0.2) is 0 Å². The van der Waals surface area contributed by atoms with Crippen molar-refractivity contribution in [2.75, 3.05) is 12.8 Å². The molecule has 0 aromatic carbocycles. The highest BCUT2D eigenvalue weighted by Gasteiger charge is 2.32. The van der Waals surface area contributed by atoms with E-state index in [1.165, 1.54) is 4.31 Å². The number of rotatable bonds is 4. The van der Waals surface area contributed by atoms with Crippen LogP contribution in [0.5, 0.6) is 0 Å². The highest BCUT2D eigenvalue weighted by Crippen LogP contribution is 2.19. The van der Waals surface area contributed by atoms with E-state index in [0.29, 0.717) is 0 Å². The molecule has 6 heteroatoms. The molecule has 5 nitrogen and oxygen atoms in total. The van der Waals surface area contributed by atoms with Gasteiger partial charge in [-0.15, -0.1) is 0 Å². The quantitative estimate of drug-likeness (QED) is 0.836. The summed E-state index contributed by atoms with van der Waals surface area (Å²) in [6.07, 6.45) is 5.42. The molecule has 0 bridgehead atoms. The molecule has 106 valence electrons. The van der Waals surface area contributed by atoms with Crippen LogP contribution in [0.2, 0.25) is 0 Å². The van der Waals surface area contributed by atoms with Crippen LogP contribution in [-0.4, -0.2) is 43.0 Å². The fourth-order valence-electron chi connectivity index (χ4n) is 2.33. The Morgan fingerprint density at radius 3 is 2.17 bits per heavy atom. The molecule has 1 rings (SSSR count). The van der Waals surface area contributed by atoms with Crippen LogP contribution >= 0.6 is 0 Å². The topological polar surface area (TPSA) is 66.5 Å². The maximum atomic E-state index is 11.9. The van der Waals surface area contributed by atoms with Crippen LogP contribution in [0.1, 0.15) is 46.5 Å². The van der Waals surface area contributed by atoms with Crippen LogP contribution in [0.15, 0.2) is 0 Å². The lowest BCUT2D eigenvalue weighted by Crippen LogP contribution is -2.50. The van der Waals surface area contributed by atoms with Crippen LogP contribution in [0, 0.1) is 0 Å². The first-order chi connectivity index (χ1) is 8.10. The summed E-state index contributed by atoms with van der Waals surface area (Å²) in [7, 11) is -3.38. The highest BCUT2D eigenvalue weighted by molar-refractivity contribution is 7.88. The Kier molecular flexibility index (Phi) is 4.78. The molecular weight excluding hydrogens is 252 g/mol. The van der Waals surface area contributed by atoms with E-state index in [-0.39, 0.29) is 18.5 Å². The predicted octanol–water partition coefficient (Wildman–Crippen LogP) is 1.11. The largest absolute Gasteiger partial charge is 0.352 e. The van der Waals surface area contributed by atoms with Gasteiger partial charge in [0.2, 0.25) is 15.9 Å². The van der Waals surface area contributed by atoms with Crippen LogP contribution in [-0.2, 0) is 14.8 Å². The summed E-state index contributed by atoms with van der Waals surface area (Å²) in [5.41, 5.74) is -0.583. The minimum absolute atomic E-state index is 0.0984. The minimum atomic E-state index is -3.38. The molecular formula is C12H24N2O3S. The summed E-state index contributed by atoms with van der Waals surface area (Å²) >= 11 is 0. The second kappa shape index (κ2) is 5.57. The van der Waals surface area contributed by atoms with Crippen molar-refractivity contribution in [1.82, 2.24) is 9.62 Å². The van der Waals surface area contributed by atoms with Gasteiger partial charge >= 0.3 is 0 Å². The van der Waals surface area contributed by atoms with E-state index in [1.54, 1.807) is 20.8 Å². The number of hydrogen-bond acceptors (Lipinski definition) is 3. The maximum Gasteiger partial charge on any atom is 0.235 e. The van der Waals surface area contributed by atoms with E-state index in [4.69, 9.17) is 0 Å². The lowest BCUT2D eigenvalue weighted by Gasteiger charge is -2.33. The Balaban J connectivity index is 2.63. The second-order valence-electron chi connectivity index (χ2n) is 5.99. The molecule has 0 spiro atoms.